The van der Waals surface area contributed by atoms with Gasteiger partial charge in [-0.05, 0) is 55.0 Å². The van der Waals surface area contributed by atoms with Crippen molar-refractivity contribution < 1.29 is 13.2 Å². The summed E-state index contributed by atoms with van der Waals surface area (Å²) in [6.07, 6.45) is 1.57. The van der Waals surface area contributed by atoms with Gasteiger partial charge in [0.1, 0.15) is 5.84 Å². The number of carbonyl (C=O) groups is 1. The van der Waals surface area contributed by atoms with Crippen molar-refractivity contribution in [2.75, 3.05) is 18.9 Å². The number of hydrogen-bond acceptors (Lipinski definition) is 3. The second-order valence-electron chi connectivity index (χ2n) is 5.99. The Balaban J connectivity index is 1.74. The van der Waals surface area contributed by atoms with Crippen LogP contribution in [-0.2, 0) is 10.0 Å². The molecule has 0 saturated carbocycles. The first-order chi connectivity index (χ1) is 12.3. The Morgan fingerprint density at radius 2 is 1.77 bits per heavy atom. The summed E-state index contributed by atoms with van der Waals surface area (Å²) in [5.41, 5.74) is 1.03. The van der Waals surface area contributed by atoms with Crippen LogP contribution in [0.1, 0.15) is 23.2 Å². The summed E-state index contributed by atoms with van der Waals surface area (Å²) in [5, 5.41) is 2.74. The molecule has 0 atom stereocenters. The first-order valence-electron chi connectivity index (χ1n) is 8.07. The van der Waals surface area contributed by atoms with Crippen LogP contribution in [0.25, 0.3) is 0 Å². The zero-order valence-electron chi connectivity index (χ0n) is 14.1. The highest BCUT2D eigenvalue weighted by Crippen LogP contribution is 2.20. The summed E-state index contributed by atoms with van der Waals surface area (Å²) < 4.78 is 29.6. The van der Waals surface area contributed by atoms with Gasteiger partial charge in [0, 0.05) is 35.7 Å². The molecule has 2 aromatic carbocycles. The predicted octanol–water partition coefficient (Wildman–Crippen LogP) is 3.51. The molecular weight excluding hydrogens is 418 g/mol. The van der Waals surface area contributed by atoms with E-state index in [9.17, 15) is 13.2 Å². The van der Waals surface area contributed by atoms with Gasteiger partial charge in [-0.3, -0.25) is 4.79 Å². The number of benzene rings is 2. The molecule has 136 valence electrons. The molecule has 1 saturated heterocycles. The van der Waals surface area contributed by atoms with Gasteiger partial charge in [-0.15, -0.1) is 4.40 Å². The summed E-state index contributed by atoms with van der Waals surface area (Å²) in [5.74, 6) is 0.318. The Morgan fingerprint density at radius 1 is 1.12 bits per heavy atom. The highest BCUT2D eigenvalue weighted by Gasteiger charge is 2.20. The van der Waals surface area contributed by atoms with Crippen molar-refractivity contribution in [2.45, 2.75) is 17.7 Å². The van der Waals surface area contributed by atoms with E-state index < -0.39 is 10.0 Å². The van der Waals surface area contributed by atoms with Crippen molar-refractivity contribution in [3.8, 4) is 0 Å². The van der Waals surface area contributed by atoms with E-state index in [2.05, 4.69) is 25.6 Å². The number of amidine groups is 1. The molecule has 0 aromatic heterocycles. The lowest BCUT2D eigenvalue weighted by Crippen LogP contribution is -2.20. The average Bonchev–Trinajstić information content (AvgIpc) is 3.00. The van der Waals surface area contributed by atoms with Crippen molar-refractivity contribution in [2.24, 2.45) is 4.40 Å². The fraction of sp³-hybridized carbons (Fsp3) is 0.222. The Morgan fingerprint density at radius 3 is 2.35 bits per heavy atom. The van der Waals surface area contributed by atoms with Crippen LogP contribution < -0.4 is 5.32 Å². The molecule has 0 bridgehead atoms. The number of carbonyl (C=O) groups excluding carboxylic acids is 1. The minimum absolute atomic E-state index is 0.104. The van der Waals surface area contributed by atoms with E-state index in [1.807, 2.05) is 11.9 Å². The molecule has 1 N–H and O–H groups in total. The monoisotopic (exact) mass is 435 g/mol. The third kappa shape index (κ3) is 4.31. The van der Waals surface area contributed by atoms with E-state index >= 15 is 0 Å². The van der Waals surface area contributed by atoms with Crippen LogP contribution in [0.4, 0.5) is 5.69 Å². The second-order valence-corrected chi connectivity index (χ2v) is 8.51. The smallest absolute Gasteiger partial charge is 0.283 e. The zero-order chi connectivity index (χ0) is 18.7. The fourth-order valence-electron chi connectivity index (χ4n) is 2.62. The van der Waals surface area contributed by atoms with Crippen LogP contribution in [-0.4, -0.2) is 38.7 Å². The maximum Gasteiger partial charge on any atom is 0.283 e. The van der Waals surface area contributed by atoms with Gasteiger partial charge in [-0.1, -0.05) is 15.9 Å². The maximum absolute atomic E-state index is 12.4. The third-order valence-corrected chi connectivity index (χ3v) is 5.92. The summed E-state index contributed by atoms with van der Waals surface area (Å²) in [4.78, 5) is 14.2. The number of hydrogen-bond donors (Lipinski definition) is 1. The van der Waals surface area contributed by atoms with Crippen molar-refractivity contribution >= 4 is 43.4 Å². The third-order valence-electron chi connectivity index (χ3n) is 4.08. The molecule has 3 rings (SSSR count). The average molecular weight is 436 g/mol. The number of amides is 1. The van der Waals surface area contributed by atoms with E-state index in [1.165, 1.54) is 12.1 Å². The van der Waals surface area contributed by atoms with Gasteiger partial charge in [0.2, 0.25) is 0 Å². The molecule has 0 radical (unpaired) electrons. The van der Waals surface area contributed by atoms with Crippen LogP contribution in [0.15, 0.2) is 62.3 Å². The summed E-state index contributed by atoms with van der Waals surface area (Å²) in [6.45, 7) is 0.815. The van der Waals surface area contributed by atoms with Gasteiger partial charge in [0.05, 0.1) is 4.90 Å². The molecule has 0 unspecified atom stereocenters. The van der Waals surface area contributed by atoms with Gasteiger partial charge >= 0.3 is 0 Å². The Labute approximate surface area is 161 Å². The Hall–Kier alpha value is -2.19. The van der Waals surface area contributed by atoms with Crippen LogP contribution in [0, 0.1) is 0 Å². The number of likely N-dealkylation sites (tertiary alicyclic amines) is 1. The summed E-state index contributed by atoms with van der Waals surface area (Å²) in [7, 11) is -1.91. The molecule has 6 nitrogen and oxygen atoms in total. The molecule has 1 fully saturated rings. The molecule has 26 heavy (non-hydrogen) atoms. The quantitative estimate of drug-likeness (QED) is 0.796. The minimum Gasteiger partial charge on any atom is -0.362 e. The van der Waals surface area contributed by atoms with Crippen molar-refractivity contribution in [3.05, 3.63) is 58.6 Å². The van der Waals surface area contributed by atoms with Gasteiger partial charge in [-0.25, -0.2) is 0 Å². The van der Waals surface area contributed by atoms with Crippen LogP contribution in [0.3, 0.4) is 0 Å². The summed E-state index contributed by atoms with van der Waals surface area (Å²) in [6, 6.07) is 13.0. The van der Waals surface area contributed by atoms with Crippen molar-refractivity contribution in [1.82, 2.24) is 4.90 Å². The molecule has 0 aliphatic carbocycles. The van der Waals surface area contributed by atoms with Gasteiger partial charge < -0.3 is 10.2 Å². The standard InChI is InChI=1S/C18H18BrN3O3S/c1-22-12-2-3-17(22)21-26(24,25)16-10-8-15(9-11-16)20-18(23)13-4-6-14(19)7-5-13/h4-11H,2-3,12H2,1H3,(H,20,23)/b21-17+. The van der Waals surface area contributed by atoms with Crippen molar-refractivity contribution in [3.63, 3.8) is 0 Å². The second kappa shape index (κ2) is 7.59. The minimum atomic E-state index is -3.75. The largest absolute Gasteiger partial charge is 0.362 e. The van der Waals surface area contributed by atoms with Gasteiger partial charge in [0.15, 0.2) is 0 Å². The Bertz CT molecular complexity index is 939. The number of rotatable bonds is 4. The topological polar surface area (TPSA) is 78.8 Å². The lowest BCUT2D eigenvalue weighted by molar-refractivity contribution is 0.102. The zero-order valence-corrected chi connectivity index (χ0v) is 16.5. The number of nitrogens with zero attached hydrogens (tertiary/aromatic N) is 2. The highest BCUT2D eigenvalue weighted by molar-refractivity contribution is 9.10. The lowest BCUT2D eigenvalue weighted by Gasteiger charge is -2.11. The lowest BCUT2D eigenvalue weighted by atomic mass is 10.2. The van der Waals surface area contributed by atoms with E-state index in [0.29, 0.717) is 23.5 Å². The number of nitrogens with one attached hydrogen (secondary N) is 1. The predicted molar refractivity (Wildman–Crippen MR) is 105 cm³/mol. The van der Waals surface area contributed by atoms with E-state index in [1.54, 1.807) is 36.4 Å². The van der Waals surface area contributed by atoms with Crippen LogP contribution in [0.5, 0.6) is 0 Å². The molecule has 8 heteroatoms. The normalized spacial score (nSPS) is 16.1. The fourth-order valence-corrected chi connectivity index (χ4v) is 3.97. The molecule has 0 spiro atoms. The number of anilines is 1. The Kier molecular flexibility index (Phi) is 5.43. The highest BCUT2D eigenvalue weighted by atomic mass is 79.9. The number of halogens is 1. The molecule has 1 amide bonds. The van der Waals surface area contributed by atoms with E-state index in [-0.39, 0.29) is 10.8 Å². The van der Waals surface area contributed by atoms with E-state index in [0.717, 1.165) is 17.4 Å². The van der Waals surface area contributed by atoms with Gasteiger partial charge in [-0.2, -0.15) is 8.42 Å². The first-order valence-corrected chi connectivity index (χ1v) is 10.3. The molecule has 1 aliphatic heterocycles. The summed E-state index contributed by atoms with van der Waals surface area (Å²) >= 11 is 3.32. The molecule has 1 aliphatic rings. The maximum atomic E-state index is 12.4. The molecular formula is C18H18BrN3O3S. The first kappa shape index (κ1) is 18.6. The van der Waals surface area contributed by atoms with Crippen molar-refractivity contribution in [1.29, 1.82) is 0 Å². The molecule has 1 heterocycles. The SMILES string of the molecule is CN1CCC/C1=N\S(=O)(=O)c1ccc(NC(=O)c2ccc(Br)cc2)cc1. The van der Waals surface area contributed by atoms with Gasteiger partial charge in [0.25, 0.3) is 15.9 Å². The van der Waals surface area contributed by atoms with Crippen LogP contribution >= 0.6 is 15.9 Å². The molecule has 2 aromatic rings. The van der Waals surface area contributed by atoms with E-state index in [4.69, 9.17) is 0 Å². The van der Waals surface area contributed by atoms with Crippen LogP contribution in [0.2, 0.25) is 0 Å². The number of sulfonamides is 1.